The normalized spacial score (nSPS) is 10.8. The predicted octanol–water partition coefficient (Wildman–Crippen LogP) is 3.62. The summed E-state index contributed by atoms with van der Waals surface area (Å²) in [5.74, 6) is 0.711. The van der Waals surface area contributed by atoms with Gasteiger partial charge < -0.3 is 5.32 Å². The highest BCUT2D eigenvalue weighted by Crippen LogP contribution is 2.16. The number of aromatic nitrogens is 4. The van der Waals surface area contributed by atoms with Crippen LogP contribution in [-0.2, 0) is 6.54 Å². The molecular formula is C18H15N5. The number of fused-ring (bicyclic) bond motifs is 1. The molecule has 0 amide bonds. The first-order chi connectivity index (χ1) is 11.4. The Balaban J connectivity index is 1.52. The number of para-hydroxylation sites is 2. The van der Waals surface area contributed by atoms with E-state index in [0.717, 1.165) is 23.3 Å². The third-order valence-corrected chi connectivity index (χ3v) is 3.54. The average molecular weight is 301 g/mol. The largest absolute Gasteiger partial charge is 0.336 e. The van der Waals surface area contributed by atoms with Crippen molar-refractivity contribution in [2.75, 3.05) is 5.32 Å². The molecule has 5 nitrogen and oxygen atoms in total. The molecule has 2 aromatic carbocycles. The fourth-order valence-corrected chi connectivity index (χ4v) is 2.45. The molecule has 0 bridgehead atoms. The fraction of sp³-hybridized carbons (Fsp3) is 0.0556. The second-order valence-corrected chi connectivity index (χ2v) is 5.28. The first-order valence-electron chi connectivity index (χ1n) is 7.42. The van der Waals surface area contributed by atoms with Crippen LogP contribution >= 0.6 is 0 Å². The molecule has 23 heavy (non-hydrogen) atoms. The van der Waals surface area contributed by atoms with Crippen LogP contribution in [0.15, 0.2) is 73.2 Å². The summed E-state index contributed by atoms with van der Waals surface area (Å²) in [6.07, 6.45) is 5.49. The molecule has 4 rings (SSSR count). The molecule has 112 valence electrons. The van der Waals surface area contributed by atoms with Crippen LogP contribution in [0.5, 0.6) is 0 Å². The maximum Gasteiger partial charge on any atom is 0.149 e. The smallest absolute Gasteiger partial charge is 0.149 e. The van der Waals surface area contributed by atoms with Crippen molar-refractivity contribution in [3.05, 3.63) is 78.8 Å². The molecule has 0 unspecified atom stereocenters. The van der Waals surface area contributed by atoms with Gasteiger partial charge in [-0.3, -0.25) is 9.67 Å². The fourth-order valence-electron chi connectivity index (χ4n) is 2.45. The van der Waals surface area contributed by atoms with Gasteiger partial charge in [-0.2, -0.15) is 5.10 Å². The Bertz CT molecular complexity index is 930. The van der Waals surface area contributed by atoms with Crippen molar-refractivity contribution >= 4 is 22.5 Å². The molecule has 0 aliphatic carbocycles. The molecule has 0 aliphatic heterocycles. The molecule has 0 saturated carbocycles. The van der Waals surface area contributed by atoms with Gasteiger partial charge in [-0.25, -0.2) is 4.98 Å². The van der Waals surface area contributed by atoms with Gasteiger partial charge in [0.15, 0.2) is 0 Å². The quantitative estimate of drug-likeness (QED) is 0.625. The van der Waals surface area contributed by atoms with E-state index in [1.54, 1.807) is 12.4 Å². The van der Waals surface area contributed by atoms with Crippen molar-refractivity contribution in [1.82, 2.24) is 19.7 Å². The molecule has 1 N–H and O–H groups in total. The van der Waals surface area contributed by atoms with Gasteiger partial charge in [0.2, 0.25) is 0 Å². The molecule has 5 heteroatoms. The summed E-state index contributed by atoms with van der Waals surface area (Å²) >= 11 is 0. The van der Waals surface area contributed by atoms with Crippen LogP contribution in [-0.4, -0.2) is 19.7 Å². The summed E-state index contributed by atoms with van der Waals surface area (Å²) in [6.45, 7) is 0.742. The number of nitrogens with zero attached hydrogens (tertiary/aromatic N) is 4. The van der Waals surface area contributed by atoms with Crippen molar-refractivity contribution in [3.63, 3.8) is 0 Å². The van der Waals surface area contributed by atoms with E-state index in [0.29, 0.717) is 5.82 Å². The van der Waals surface area contributed by atoms with Crippen molar-refractivity contribution in [1.29, 1.82) is 0 Å². The first-order valence-corrected chi connectivity index (χ1v) is 7.42. The van der Waals surface area contributed by atoms with Crippen LogP contribution in [0, 0.1) is 0 Å². The van der Waals surface area contributed by atoms with E-state index in [9.17, 15) is 0 Å². The van der Waals surface area contributed by atoms with Crippen molar-refractivity contribution in [3.8, 4) is 0 Å². The lowest BCUT2D eigenvalue weighted by Gasteiger charge is -2.04. The van der Waals surface area contributed by atoms with E-state index in [4.69, 9.17) is 0 Å². The Labute approximate surface area is 133 Å². The highest BCUT2D eigenvalue weighted by molar-refractivity contribution is 5.75. The molecular weight excluding hydrogens is 286 g/mol. The summed E-state index contributed by atoms with van der Waals surface area (Å²) in [4.78, 5) is 8.95. The van der Waals surface area contributed by atoms with Crippen LogP contribution in [0.1, 0.15) is 5.56 Å². The third kappa shape index (κ3) is 3.03. The van der Waals surface area contributed by atoms with E-state index in [-0.39, 0.29) is 0 Å². The zero-order chi connectivity index (χ0) is 15.5. The second kappa shape index (κ2) is 5.88. The van der Waals surface area contributed by atoms with Crippen LogP contribution in [0.2, 0.25) is 0 Å². The summed E-state index contributed by atoms with van der Waals surface area (Å²) < 4.78 is 1.89. The van der Waals surface area contributed by atoms with Gasteiger partial charge in [-0.15, -0.1) is 0 Å². The molecule has 0 saturated heterocycles. The SMILES string of the molecule is c1ccc(Cn2cc(Nc3cnc4ccccc4n3)cn2)cc1. The minimum atomic E-state index is 0.711. The summed E-state index contributed by atoms with van der Waals surface area (Å²) in [5, 5.41) is 7.62. The number of anilines is 2. The lowest BCUT2D eigenvalue weighted by Crippen LogP contribution is -1.99. The van der Waals surface area contributed by atoms with Crippen LogP contribution in [0.25, 0.3) is 11.0 Å². The maximum atomic E-state index is 4.55. The van der Waals surface area contributed by atoms with Crippen LogP contribution in [0.4, 0.5) is 11.5 Å². The molecule has 0 fully saturated rings. The number of rotatable bonds is 4. The van der Waals surface area contributed by atoms with E-state index in [1.807, 2.05) is 53.3 Å². The summed E-state index contributed by atoms with van der Waals surface area (Å²) in [5.41, 5.74) is 3.87. The van der Waals surface area contributed by atoms with Gasteiger partial charge in [-0.1, -0.05) is 42.5 Å². The third-order valence-electron chi connectivity index (χ3n) is 3.54. The Morgan fingerprint density at radius 1 is 0.870 bits per heavy atom. The lowest BCUT2D eigenvalue weighted by molar-refractivity contribution is 0.687. The molecule has 0 aliphatic rings. The van der Waals surface area contributed by atoms with E-state index < -0.39 is 0 Å². The van der Waals surface area contributed by atoms with Gasteiger partial charge in [0.05, 0.1) is 35.7 Å². The predicted molar refractivity (Wildman–Crippen MR) is 90.6 cm³/mol. The Kier molecular flexibility index (Phi) is 3.44. The molecule has 4 aromatic rings. The van der Waals surface area contributed by atoms with Crippen molar-refractivity contribution < 1.29 is 0 Å². The van der Waals surface area contributed by atoms with E-state index in [2.05, 4.69) is 32.5 Å². The topological polar surface area (TPSA) is 55.6 Å². The lowest BCUT2D eigenvalue weighted by atomic mass is 10.2. The Hall–Kier alpha value is -3.21. The first kappa shape index (κ1) is 13.5. The standard InChI is InChI=1S/C18H15N5/c1-2-6-14(7-3-1)12-23-13-15(10-20-23)21-18-11-19-16-8-4-5-9-17(16)22-18/h1-11,13H,12H2,(H,21,22). The highest BCUT2D eigenvalue weighted by atomic mass is 15.3. The molecule has 2 heterocycles. The van der Waals surface area contributed by atoms with Gasteiger partial charge >= 0.3 is 0 Å². The van der Waals surface area contributed by atoms with Gasteiger partial charge in [0.25, 0.3) is 0 Å². The monoisotopic (exact) mass is 301 g/mol. The minimum absolute atomic E-state index is 0.711. The highest BCUT2D eigenvalue weighted by Gasteiger charge is 2.03. The zero-order valence-corrected chi connectivity index (χ0v) is 12.4. The molecule has 0 atom stereocenters. The molecule has 2 aromatic heterocycles. The Morgan fingerprint density at radius 2 is 1.65 bits per heavy atom. The van der Waals surface area contributed by atoms with Crippen LogP contribution in [0.3, 0.4) is 0 Å². The van der Waals surface area contributed by atoms with Gasteiger partial charge in [0, 0.05) is 6.20 Å². The van der Waals surface area contributed by atoms with E-state index in [1.165, 1.54) is 5.56 Å². The van der Waals surface area contributed by atoms with Gasteiger partial charge in [0.1, 0.15) is 5.82 Å². The number of nitrogens with one attached hydrogen (secondary N) is 1. The Morgan fingerprint density at radius 3 is 2.52 bits per heavy atom. The maximum absolute atomic E-state index is 4.55. The molecule has 0 spiro atoms. The number of hydrogen-bond donors (Lipinski definition) is 1. The van der Waals surface area contributed by atoms with E-state index >= 15 is 0 Å². The summed E-state index contributed by atoms with van der Waals surface area (Å²) in [7, 11) is 0. The van der Waals surface area contributed by atoms with Crippen molar-refractivity contribution in [2.24, 2.45) is 0 Å². The van der Waals surface area contributed by atoms with Gasteiger partial charge in [-0.05, 0) is 17.7 Å². The zero-order valence-electron chi connectivity index (χ0n) is 12.4. The average Bonchev–Trinajstić information content (AvgIpc) is 3.02. The molecule has 0 radical (unpaired) electrons. The van der Waals surface area contributed by atoms with Crippen molar-refractivity contribution in [2.45, 2.75) is 6.54 Å². The number of hydrogen-bond acceptors (Lipinski definition) is 4. The van der Waals surface area contributed by atoms with Crippen LogP contribution < -0.4 is 5.32 Å². The second-order valence-electron chi connectivity index (χ2n) is 5.28. The minimum Gasteiger partial charge on any atom is -0.336 e. The number of benzene rings is 2. The summed E-state index contributed by atoms with van der Waals surface area (Å²) in [6, 6.07) is 18.1.